The first-order valence-corrected chi connectivity index (χ1v) is 5.09. The van der Waals surface area contributed by atoms with Gasteiger partial charge in [-0.25, -0.2) is 0 Å². The van der Waals surface area contributed by atoms with Gasteiger partial charge < -0.3 is 4.74 Å². The van der Waals surface area contributed by atoms with Crippen LogP contribution >= 0.6 is 15.9 Å². The summed E-state index contributed by atoms with van der Waals surface area (Å²) in [5, 5.41) is 0. The standard InChI is InChI=1S/C10H8BrF3O2/c1-6(15)7-2-3-9(8(11)4-7)16-5-10(12,13)14/h2-4H,5H2,1H3. The summed E-state index contributed by atoms with van der Waals surface area (Å²) in [6.45, 7) is 0.0169. The van der Waals surface area contributed by atoms with Crippen LogP contribution in [0.3, 0.4) is 0 Å². The van der Waals surface area contributed by atoms with Crippen LogP contribution in [0.1, 0.15) is 17.3 Å². The summed E-state index contributed by atoms with van der Waals surface area (Å²) in [7, 11) is 0. The van der Waals surface area contributed by atoms with Crippen molar-refractivity contribution in [3.05, 3.63) is 28.2 Å². The molecular formula is C10H8BrF3O2. The molecule has 1 aromatic carbocycles. The van der Waals surface area contributed by atoms with Crippen LogP contribution in [-0.2, 0) is 0 Å². The second kappa shape index (κ2) is 4.86. The predicted molar refractivity (Wildman–Crippen MR) is 55.7 cm³/mol. The van der Waals surface area contributed by atoms with E-state index in [1.54, 1.807) is 0 Å². The molecule has 0 saturated heterocycles. The van der Waals surface area contributed by atoms with Gasteiger partial charge in [-0.05, 0) is 41.1 Å². The molecule has 0 unspecified atom stereocenters. The maximum atomic E-state index is 11.9. The van der Waals surface area contributed by atoms with Crippen molar-refractivity contribution in [1.29, 1.82) is 0 Å². The van der Waals surface area contributed by atoms with Crippen molar-refractivity contribution in [2.75, 3.05) is 6.61 Å². The van der Waals surface area contributed by atoms with Crippen LogP contribution < -0.4 is 4.74 Å². The number of Topliss-reactive ketones (excluding diaryl/α,β-unsaturated/α-hetero) is 1. The van der Waals surface area contributed by atoms with Gasteiger partial charge in [0.05, 0.1) is 4.47 Å². The Labute approximate surface area is 98.5 Å². The van der Waals surface area contributed by atoms with E-state index in [0.717, 1.165) is 0 Å². The van der Waals surface area contributed by atoms with Crippen LogP contribution in [0.5, 0.6) is 5.75 Å². The minimum Gasteiger partial charge on any atom is -0.483 e. The fourth-order valence-corrected chi connectivity index (χ4v) is 1.49. The fraction of sp³-hybridized carbons (Fsp3) is 0.300. The molecule has 0 amide bonds. The van der Waals surface area contributed by atoms with E-state index in [-0.39, 0.29) is 11.5 Å². The number of hydrogen-bond acceptors (Lipinski definition) is 2. The van der Waals surface area contributed by atoms with Gasteiger partial charge in [0.25, 0.3) is 0 Å². The zero-order valence-electron chi connectivity index (χ0n) is 8.27. The molecular weight excluding hydrogens is 289 g/mol. The van der Waals surface area contributed by atoms with E-state index < -0.39 is 12.8 Å². The molecule has 16 heavy (non-hydrogen) atoms. The van der Waals surface area contributed by atoms with E-state index >= 15 is 0 Å². The Kier molecular flexibility index (Phi) is 3.96. The van der Waals surface area contributed by atoms with Crippen molar-refractivity contribution in [1.82, 2.24) is 0 Å². The average Bonchev–Trinajstić information content (AvgIpc) is 2.14. The summed E-state index contributed by atoms with van der Waals surface area (Å²) in [5.41, 5.74) is 0.409. The second-order valence-corrected chi connectivity index (χ2v) is 3.96. The van der Waals surface area contributed by atoms with Crippen molar-refractivity contribution in [3.63, 3.8) is 0 Å². The van der Waals surface area contributed by atoms with Crippen molar-refractivity contribution < 1.29 is 22.7 Å². The first-order chi connectivity index (χ1) is 7.29. The van der Waals surface area contributed by atoms with Crippen molar-refractivity contribution in [3.8, 4) is 5.75 Å². The number of halogens is 4. The van der Waals surface area contributed by atoms with Crippen molar-refractivity contribution in [2.45, 2.75) is 13.1 Å². The molecule has 0 saturated carbocycles. The minimum absolute atomic E-state index is 0.0577. The molecule has 0 heterocycles. The molecule has 6 heteroatoms. The third kappa shape index (κ3) is 3.84. The lowest BCUT2D eigenvalue weighted by atomic mass is 10.1. The molecule has 1 aromatic rings. The van der Waals surface area contributed by atoms with Crippen LogP contribution in [0.25, 0.3) is 0 Å². The molecule has 2 nitrogen and oxygen atoms in total. The molecule has 0 bridgehead atoms. The van der Waals surface area contributed by atoms with Crippen LogP contribution in [-0.4, -0.2) is 18.6 Å². The highest BCUT2D eigenvalue weighted by Crippen LogP contribution is 2.28. The summed E-state index contributed by atoms with van der Waals surface area (Å²) >= 11 is 3.04. The Balaban J connectivity index is 2.80. The highest BCUT2D eigenvalue weighted by Gasteiger charge is 2.28. The van der Waals surface area contributed by atoms with Crippen molar-refractivity contribution in [2.24, 2.45) is 0 Å². The first kappa shape index (κ1) is 13.0. The molecule has 0 fully saturated rings. The average molecular weight is 297 g/mol. The third-order valence-electron chi connectivity index (χ3n) is 1.73. The Bertz CT molecular complexity index is 402. The highest BCUT2D eigenvalue weighted by atomic mass is 79.9. The Morgan fingerprint density at radius 1 is 1.44 bits per heavy atom. The molecule has 0 atom stereocenters. The number of carbonyl (C=O) groups excluding carboxylic acids is 1. The molecule has 0 aliphatic carbocycles. The van der Waals surface area contributed by atoms with Gasteiger partial charge in [-0.15, -0.1) is 0 Å². The van der Waals surface area contributed by atoms with Gasteiger partial charge in [0.1, 0.15) is 5.75 Å². The zero-order valence-corrected chi connectivity index (χ0v) is 9.85. The summed E-state index contributed by atoms with van der Waals surface area (Å²) in [6.07, 6.45) is -4.38. The number of rotatable bonds is 3. The number of hydrogen-bond donors (Lipinski definition) is 0. The van der Waals surface area contributed by atoms with E-state index in [1.807, 2.05) is 0 Å². The Hall–Kier alpha value is -1.04. The first-order valence-electron chi connectivity index (χ1n) is 4.29. The van der Waals surface area contributed by atoms with Gasteiger partial charge >= 0.3 is 6.18 Å². The smallest absolute Gasteiger partial charge is 0.422 e. The minimum atomic E-state index is -4.38. The summed E-state index contributed by atoms with van der Waals surface area (Å²) < 4.78 is 40.5. The normalized spacial score (nSPS) is 11.3. The number of alkyl halides is 3. The molecule has 0 aromatic heterocycles. The SMILES string of the molecule is CC(=O)c1ccc(OCC(F)(F)F)c(Br)c1. The number of carbonyl (C=O) groups is 1. The molecule has 0 aliphatic rings. The maximum absolute atomic E-state index is 11.9. The van der Waals surface area contributed by atoms with Gasteiger partial charge in [-0.2, -0.15) is 13.2 Å². The summed E-state index contributed by atoms with van der Waals surface area (Å²) in [4.78, 5) is 11.0. The summed E-state index contributed by atoms with van der Waals surface area (Å²) in [6, 6.07) is 4.17. The molecule has 0 aliphatic heterocycles. The van der Waals surface area contributed by atoms with Crippen LogP contribution in [0.4, 0.5) is 13.2 Å². The van der Waals surface area contributed by atoms with Gasteiger partial charge in [-0.3, -0.25) is 4.79 Å². The van der Waals surface area contributed by atoms with E-state index in [1.165, 1.54) is 25.1 Å². The zero-order chi connectivity index (χ0) is 12.3. The van der Waals surface area contributed by atoms with Gasteiger partial charge in [0.2, 0.25) is 0 Å². The lowest BCUT2D eigenvalue weighted by molar-refractivity contribution is -0.153. The van der Waals surface area contributed by atoms with E-state index in [4.69, 9.17) is 0 Å². The lowest BCUT2D eigenvalue weighted by Crippen LogP contribution is -2.19. The van der Waals surface area contributed by atoms with Crippen LogP contribution in [0.15, 0.2) is 22.7 Å². The number of ether oxygens (including phenoxy) is 1. The number of benzene rings is 1. The largest absolute Gasteiger partial charge is 0.483 e. The molecule has 1 rings (SSSR count). The Morgan fingerprint density at radius 2 is 2.06 bits per heavy atom. The quantitative estimate of drug-likeness (QED) is 0.797. The Morgan fingerprint density at radius 3 is 2.50 bits per heavy atom. The van der Waals surface area contributed by atoms with E-state index in [2.05, 4.69) is 20.7 Å². The van der Waals surface area contributed by atoms with Gasteiger partial charge in [0.15, 0.2) is 12.4 Å². The van der Waals surface area contributed by atoms with E-state index in [9.17, 15) is 18.0 Å². The topological polar surface area (TPSA) is 26.3 Å². The molecule has 0 spiro atoms. The van der Waals surface area contributed by atoms with Gasteiger partial charge in [0, 0.05) is 5.56 Å². The maximum Gasteiger partial charge on any atom is 0.422 e. The summed E-state index contributed by atoms with van der Waals surface area (Å²) in [5.74, 6) is -0.106. The predicted octanol–water partition coefficient (Wildman–Crippen LogP) is 3.59. The number of ketones is 1. The van der Waals surface area contributed by atoms with E-state index in [0.29, 0.717) is 10.0 Å². The lowest BCUT2D eigenvalue weighted by Gasteiger charge is -2.10. The van der Waals surface area contributed by atoms with Crippen LogP contribution in [0.2, 0.25) is 0 Å². The fourth-order valence-electron chi connectivity index (χ4n) is 0.996. The monoisotopic (exact) mass is 296 g/mol. The van der Waals surface area contributed by atoms with Gasteiger partial charge in [-0.1, -0.05) is 0 Å². The highest BCUT2D eigenvalue weighted by molar-refractivity contribution is 9.10. The van der Waals surface area contributed by atoms with Crippen molar-refractivity contribution >= 4 is 21.7 Å². The molecule has 0 N–H and O–H groups in total. The van der Waals surface area contributed by atoms with Crippen LogP contribution in [0, 0.1) is 0 Å². The molecule has 0 radical (unpaired) electrons. The second-order valence-electron chi connectivity index (χ2n) is 3.11. The third-order valence-corrected chi connectivity index (χ3v) is 2.35. The molecule has 88 valence electrons.